The molecule has 0 aromatic rings. The minimum atomic E-state index is -0.993. The fourth-order valence-corrected chi connectivity index (χ4v) is 3.23. The molecule has 4 atom stereocenters. The van der Waals surface area contributed by atoms with E-state index in [1.54, 1.807) is 11.8 Å². The van der Waals surface area contributed by atoms with Crippen LogP contribution in [0.4, 0.5) is 0 Å². The van der Waals surface area contributed by atoms with E-state index in [-0.39, 0.29) is 17.7 Å². The number of likely N-dealkylation sites (tertiary alicyclic amines) is 1. The van der Waals surface area contributed by atoms with Gasteiger partial charge < -0.3 is 21.1 Å². The lowest BCUT2D eigenvalue weighted by atomic mass is 9.99. The Hall–Kier alpha value is -1.28. The summed E-state index contributed by atoms with van der Waals surface area (Å²) in [5.41, 5.74) is 5.94. The first kappa shape index (κ1) is 20.8. The zero-order chi connectivity index (χ0) is 18.3. The molecule has 1 aliphatic rings. The summed E-state index contributed by atoms with van der Waals surface area (Å²) in [6, 6.07) is -2.19. The Labute approximate surface area is 147 Å². The van der Waals surface area contributed by atoms with Crippen LogP contribution in [0.2, 0.25) is 0 Å². The van der Waals surface area contributed by atoms with Gasteiger partial charge in [0.05, 0.1) is 6.04 Å². The predicted octanol–water partition coefficient (Wildman–Crippen LogP) is 0.673. The van der Waals surface area contributed by atoms with Crippen molar-refractivity contribution in [3.05, 3.63) is 0 Å². The van der Waals surface area contributed by atoms with Crippen LogP contribution in [0.25, 0.3) is 0 Å². The number of carboxylic acids is 1. The van der Waals surface area contributed by atoms with Gasteiger partial charge in [-0.2, -0.15) is 11.8 Å². The molecule has 1 aliphatic heterocycles. The molecule has 7 nitrogen and oxygen atoms in total. The Kier molecular flexibility index (Phi) is 8.55. The highest BCUT2D eigenvalue weighted by molar-refractivity contribution is 7.98. The fourth-order valence-electron chi connectivity index (χ4n) is 2.76. The maximum absolute atomic E-state index is 12.8. The van der Waals surface area contributed by atoms with Crippen molar-refractivity contribution >= 4 is 29.5 Å². The fraction of sp³-hybridized carbons (Fsp3) is 0.812. The van der Waals surface area contributed by atoms with E-state index in [2.05, 4.69) is 5.32 Å². The van der Waals surface area contributed by atoms with Gasteiger partial charge in [-0.15, -0.1) is 0 Å². The smallest absolute Gasteiger partial charge is 0.326 e. The van der Waals surface area contributed by atoms with Crippen LogP contribution in [0.1, 0.15) is 39.5 Å². The number of thioether (sulfide) groups is 1. The normalized spacial score (nSPS) is 21.2. The Morgan fingerprint density at radius 2 is 2.08 bits per heavy atom. The molecule has 1 fully saturated rings. The van der Waals surface area contributed by atoms with Gasteiger partial charge >= 0.3 is 5.97 Å². The molecule has 24 heavy (non-hydrogen) atoms. The summed E-state index contributed by atoms with van der Waals surface area (Å²) in [5.74, 6) is -0.957. The van der Waals surface area contributed by atoms with Crippen molar-refractivity contribution in [3.63, 3.8) is 0 Å². The van der Waals surface area contributed by atoms with Crippen molar-refractivity contribution in [2.45, 2.75) is 57.7 Å². The van der Waals surface area contributed by atoms with Crippen LogP contribution < -0.4 is 11.1 Å². The molecule has 0 saturated carbocycles. The van der Waals surface area contributed by atoms with Crippen LogP contribution in [0.5, 0.6) is 0 Å². The lowest BCUT2D eigenvalue weighted by Crippen LogP contribution is -2.55. The number of amides is 2. The van der Waals surface area contributed by atoms with Gasteiger partial charge in [0.25, 0.3) is 0 Å². The van der Waals surface area contributed by atoms with Gasteiger partial charge in [-0.1, -0.05) is 20.3 Å². The van der Waals surface area contributed by atoms with Crippen molar-refractivity contribution in [2.75, 3.05) is 18.6 Å². The standard InChI is InChI=1S/C16H29N3O4S/c1-4-10(2)13(17)14(20)18-11(7-9-24-3)15(21)19-8-5-6-12(19)16(22)23/h10-13H,4-9,17H2,1-3H3,(H,18,20)(H,22,23)/t10-,11-,12-,13-/m0/s1. The molecule has 0 unspecified atom stereocenters. The maximum atomic E-state index is 12.8. The van der Waals surface area contributed by atoms with Gasteiger partial charge in [-0.25, -0.2) is 4.79 Å². The number of carbonyl (C=O) groups excluding carboxylic acids is 2. The molecule has 0 aromatic heterocycles. The van der Waals surface area contributed by atoms with Gasteiger partial charge in [0, 0.05) is 6.54 Å². The summed E-state index contributed by atoms with van der Waals surface area (Å²) >= 11 is 1.57. The molecule has 0 bridgehead atoms. The van der Waals surface area contributed by atoms with Crippen LogP contribution in [0.3, 0.4) is 0 Å². The van der Waals surface area contributed by atoms with Gasteiger partial charge in [-0.05, 0) is 37.2 Å². The number of nitrogens with one attached hydrogen (secondary N) is 1. The molecule has 2 amide bonds. The average molecular weight is 359 g/mol. The summed E-state index contributed by atoms with van der Waals surface area (Å²) in [7, 11) is 0. The van der Waals surface area contributed by atoms with Crippen LogP contribution in [0, 0.1) is 5.92 Å². The molecule has 1 saturated heterocycles. The van der Waals surface area contributed by atoms with E-state index in [0.717, 1.165) is 6.42 Å². The molecule has 1 heterocycles. The molecule has 0 radical (unpaired) electrons. The van der Waals surface area contributed by atoms with E-state index in [1.807, 2.05) is 20.1 Å². The summed E-state index contributed by atoms with van der Waals surface area (Å²) < 4.78 is 0. The predicted molar refractivity (Wildman–Crippen MR) is 94.7 cm³/mol. The number of carbonyl (C=O) groups is 3. The molecule has 0 spiro atoms. The van der Waals surface area contributed by atoms with E-state index >= 15 is 0 Å². The number of aliphatic carboxylic acids is 1. The number of nitrogens with zero attached hydrogens (tertiary/aromatic N) is 1. The second kappa shape index (κ2) is 9.88. The first-order valence-electron chi connectivity index (χ1n) is 8.41. The third-order valence-corrected chi connectivity index (χ3v) is 5.25. The van der Waals surface area contributed by atoms with Crippen molar-refractivity contribution in [1.82, 2.24) is 10.2 Å². The van der Waals surface area contributed by atoms with E-state index < -0.39 is 24.1 Å². The molecular formula is C16H29N3O4S. The van der Waals surface area contributed by atoms with Crippen molar-refractivity contribution < 1.29 is 19.5 Å². The van der Waals surface area contributed by atoms with Crippen LogP contribution >= 0.6 is 11.8 Å². The van der Waals surface area contributed by atoms with Crippen LogP contribution in [0.15, 0.2) is 0 Å². The largest absolute Gasteiger partial charge is 0.480 e. The van der Waals surface area contributed by atoms with E-state index in [0.29, 0.717) is 31.6 Å². The maximum Gasteiger partial charge on any atom is 0.326 e. The van der Waals surface area contributed by atoms with Gasteiger partial charge in [-0.3, -0.25) is 9.59 Å². The van der Waals surface area contributed by atoms with Gasteiger partial charge in [0.15, 0.2) is 0 Å². The quantitative estimate of drug-likeness (QED) is 0.558. The van der Waals surface area contributed by atoms with Crippen molar-refractivity contribution in [3.8, 4) is 0 Å². The first-order valence-corrected chi connectivity index (χ1v) is 9.81. The van der Waals surface area contributed by atoms with E-state index in [1.165, 1.54) is 4.90 Å². The molecular weight excluding hydrogens is 330 g/mol. The molecule has 0 aromatic carbocycles. The molecule has 1 rings (SSSR count). The number of hydrogen-bond acceptors (Lipinski definition) is 5. The second-order valence-corrected chi connectivity index (χ2v) is 7.27. The van der Waals surface area contributed by atoms with E-state index in [4.69, 9.17) is 5.73 Å². The zero-order valence-electron chi connectivity index (χ0n) is 14.7. The summed E-state index contributed by atoms with van der Waals surface area (Å²) in [4.78, 5) is 37.8. The Bertz CT molecular complexity index is 461. The van der Waals surface area contributed by atoms with Gasteiger partial charge in [0.2, 0.25) is 11.8 Å². The highest BCUT2D eigenvalue weighted by Gasteiger charge is 2.37. The minimum Gasteiger partial charge on any atom is -0.480 e. The number of rotatable bonds is 9. The Morgan fingerprint density at radius 3 is 2.62 bits per heavy atom. The third-order valence-electron chi connectivity index (χ3n) is 4.61. The first-order chi connectivity index (χ1) is 11.3. The number of hydrogen-bond donors (Lipinski definition) is 3. The highest BCUT2D eigenvalue weighted by atomic mass is 32.2. The van der Waals surface area contributed by atoms with E-state index in [9.17, 15) is 19.5 Å². The summed E-state index contributed by atoms with van der Waals surface area (Å²) in [5, 5.41) is 12.0. The SMILES string of the molecule is CC[C@H](C)[C@H](N)C(=O)N[C@@H](CCSC)C(=O)N1CCC[C@H]1C(=O)O. The lowest BCUT2D eigenvalue weighted by molar-refractivity contribution is -0.149. The Balaban J connectivity index is 2.82. The lowest BCUT2D eigenvalue weighted by Gasteiger charge is -2.28. The Morgan fingerprint density at radius 1 is 1.42 bits per heavy atom. The van der Waals surface area contributed by atoms with Crippen molar-refractivity contribution in [1.29, 1.82) is 0 Å². The second-order valence-electron chi connectivity index (χ2n) is 6.28. The molecule has 0 aliphatic carbocycles. The van der Waals surface area contributed by atoms with Crippen LogP contribution in [-0.4, -0.2) is 64.5 Å². The molecule has 8 heteroatoms. The van der Waals surface area contributed by atoms with Crippen molar-refractivity contribution in [2.24, 2.45) is 11.7 Å². The molecule has 138 valence electrons. The monoisotopic (exact) mass is 359 g/mol. The average Bonchev–Trinajstić information content (AvgIpc) is 3.06. The molecule has 4 N–H and O–H groups in total. The topological polar surface area (TPSA) is 113 Å². The number of carboxylic acid groups (broad SMARTS) is 1. The summed E-state index contributed by atoms with van der Waals surface area (Å²) in [6.07, 6.45) is 4.27. The highest BCUT2D eigenvalue weighted by Crippen LogP contribution is 2.20. The number of nitrogens with two attached hydrogens (primary N) is 1. The zero-order valence-corrected chi connectivity index (χ0v) is 15.5. The van der Waals surface area contributed by atoms with Crippen LogP contribution in [-0.2, 0) is 14.4 Å². The van der Waals surface area contributed by atoms with Gasteiger partial charge in [0.1, 0.15) is 12.1 Å². The third kappa shape index (κ3) is 5.37. The summed E-state index contributed by atoms with van der Waals surface area (Å²) in [6.45, 7) is 4.26. The minimum absolute atomic E-state index is 0.0138.